The minimum absolute atomic E-state index is 0.0670. The number of piperidine rings is 1. The Labute approximate surface area is 197 Å². The third kappa shape index (κ3) is 5.26. The van der Waals surface area contributed by atoms with Gasteiger partial charge in [-0.05, 0) is 49.6 Å². The maximum Gasteiger partial charge on any atom is 0.511 e. The number of carbonyl (C=O) groups is 1. The van der Waals surface area contributed by atoms with Gasteiger partial charge in [0.15, 0.2) is 11.5 Å². The van der Waals surface area contributed by atoms with Crippen molar-refractivity contribution in [1.82, 2.24) is 14.5 Å². The molecule has 34 heavy (non-hydrogen) atoms. The van der Waals surface area contributed by atoms with Gasteiger partial charge in [-0.1, -0.05) is 18.7 Å². The molecule has 3 aromatic rings. The van der Waals surface area contributed by atoms with E-state index in [-0.39, 0.29) is 17.5 Å². The fraction of sp³-hybridized carbons (Fsp3) is 0.360. The number of hydrogen-bond donors (Lipinski definition) is 2. The Morgan fingerprint density at radius 2 is 1.97 bits per heavy atom. The second kappa shape index (κ2) is 10.5. The van der Waals surface area contributed by atoms with Crippen LogP contribution in [-0.4, -0.2) is 52.0 Å². The topological polar surface area (TPSA) is 106 Å². The zero-order valence-electron chi connectivity index (χ0n) is 19.2. The van der Waals surface area contributed by atoms with Gasteiger partial charge in [-0.2, -0.15) is 0 Å². The van der Waals surface area contributed by atoms with Crippen molar-refractivity contribution < 1.29 is 24.1 Å². The zero-order valence-corrected chi connectivity index (χ0v) is 19.2. The SMILES string of the molecule is C=CCOc1ccc(CN2CCC(n3c(=O)[nH]c4cc(OC(=O)O)ccc43)CC2)cc1OCC. The molecule has 2 heterocycles. The van der Waals surface area contributed by atoms with Gasteiger partial charge >= 0.3 is 11.8 Å². The van der Waals surface area contributed by atoms with E-state index in [9.17, 15) is 9.59 Å². The quantitative estimate of drug-likeness (QED) is 0.276. The Morgan fingerprint density at radius 3 is 2.68 bits per heavy atom. The zero-order chi connectivity index (χ0) is 24.1. The molecule has 0 bridgehead atoms. The highest BCUT2D eigenvalue weighted by molar-refractivity contribution is 5.78. The summed E-state index contributed by atoms with van der Waals surface area (Å²) in [5.74, 6) is 1.61. The number of ether oxygens (including phenoxy) is 3. The van der Waals surface area contributed by atoms with Crippen LogP contribution in [0.1, 0.15) is 31.4 Å². The lowest BCUT2D eigenvalue weighted by Gasteiger charge is -2.32. The van der Waals surface area contributed by atoms with Crippen molar-refractivity contribution in [1.29, 1.82) is 0 Å². The Kier molecular flexibility index (Phi) is 7.22. The number of imidazole rings is 1. The molecule has 0 aliphatic carbocycles. The van der Waals surface area contributed by atoms with Crippen LogP contribution in [0.15, 0.2) is 53.8 Å². The van der Waals surface area contributed by atoms with Crippen LogP contribution in [0.5, 0.6) is 17.2 Å². The van der Waals surface area contributed by atoms with Crippen LogP contribution in [0.4, 0.5) is 4.79 Å². The molecule has 2 N–H and O–H groups in total. The Hall–Kier alpha value is -3.72. The van der Waals surface area contributed by atoms with E-state index in [0.717, 1.165) is 49.3 Å². The summed E-state index contributed by atoms with van der Waals surface area (Å²) in [6, 6.07) is 10.9. The molecule has 9 nitrogen and oxygen atoms in total. The number of hydrogen-bond acceptors (Lipinski definition) is 6. The number of aromatic amines is 1. The Balaban J connectivity index is 1.42. The summed E-state index contributed by atoms with van der Waals surface area (Å²) in [6.07, 6.45) is 1.98. The van der Waals surface area contributed by atoms with E-state index < -0.39 is 6.16 Å². The molecule has 180 valence electrons. The number of nitrogens with zero attached hydrogens (tertiary/aromatic N) is 2. The number of aromatic nitrogens is 2. The average Bonchev–Trinajstić information content (AvgIpc) is 3.14. The molecule has 9 heteroatoms. The summed E-state index contributed by atoms with van der Waals surface area (Å²) in [5.41, 5.74) is 2.26. The van der Waals surface area contributed by atoms with E-state index in [4.69, 9.17) is 19.3 Å². The van der Waals surface area contributed by atoms with E-state index in [1.54, 1.807) is 22.8 Å². The minimum Gasteiger partial charge on any atom is -0.490 e. The molecular weight excluding hydrogens is 438 g/mol. The second-order valence-corrected chi connectivity index (χ2v) is 8.17. The number of carboxylic acid groups (broad SMARTS) is 1. The van der Waals surface area contributed by atoms with Gasteiger partial charge < -0.3 is 24.3 Å². The summed E-state index contributed by atoms with van der Waals surface area (Å²) < 4.78 is 17.9. The number of H-pyrrole nitrogens is 1. The first-order valence-electron chi connectivity index (χ1n) is 11.3. The fourth-order valence-electron chi connectivity index (χ4n) is 4.42. The highest BCUT2D eigenvalue weighted by atomic mass is 16.7. The summed E-state index contributed by atoms with van der Waals surface area (Å²) in [4.78, 5) is 28.6. The standard InChI is InChI=1S/C25H29N3O6/c1-3-13-33-22-8-5-17(14-23(22)32-4-2)16-27-11-9-18(10-12-27)28-21-7-6-19(34-25(30)31)15-20(21)26-24(28)29/h3,5-8,14-15,18H,1,4,9-13,16H2,2H3,(H,26,29)(H,30,31). The van der Waals surface area contributed by atoms with Crippen LogP contribution in [0, 0.1) is 0 Å². The molecule has 2 aromatic carbocycles. The lowest BCUT2D eigenvalue weighted by atomic mass is 10.0. The van der Waals surface area contributed by atoms with E-state index in [1.807, 2.05) is 25.1 Å². The molecule has 0 amide bonds. The highest BCUT2D eigenvalue weighted by Crippen LogP contribution is 2.31. The molecule has 0 saturated carbocycles. The van der Waals surface area contributed by atoms with Gasteiger partial charge in [0.1, 0.15) is 12.4 Å². The largest absolute Gasteiger partial charge is 0.511 e. The molecule has 1 aromatic heterocycles. The molecule has 1 fully saturated rings. The summed E-state index contributed by atoms with van der Waals surface area (Å²) in [7, 11) is 0. The number of fused-ring (bicyclic) bond motifs is 1. The predicted molar refractivity (Wildman–Crippen MR) is 128 cm³/mol. The van der Waals surface area contributed by atoms with Crippen molar-refractivity contribution in [2.24, 2.45) is 0 Å². The van der Waals surface area contributed by atoms with Crippen LogP contribution in [-0.2, 0) is 6.54 Å². The van der Waals surface area contributed by atoms with Crippen LogP contribution < -0.4 is 19.9 Å². The number of benzene rings is 2. The van der Waals surface area contributed by atoms with Crippen LogP contribution >= 0.6 is 0 Å². The normalized spacial score (nSPS) is 14.7. The maximum atomic E-state index is 12.7. The van der Waals surface area contributed by atoms with Crippen molar-refractivity contribution in [2.75, 3.05) is 26.3 Å². The molecule has 0 spiro atoms. The van der Waals surface area contributed by atoms with E-state index in [2.05, 4.69) is 16.5 Å². The molecular formula is C25H29N3O6. The van der Waals surface area contributed by atoms with Crippen molar-refractivity contribution in [3.63, 3.8) is 0 Å². The lowest BCUT2D eigenvalue weighted by molar-refractivity contribution is 0.144. The van der Waals surface area contributed by atoms with E-state index in [0.29, 0.717) is 24.5 Å². The molecule has 0 unspecified atom stereocenters. The van der Waals surface area contributed by atoms with Crippen LogP contribution in [0.25, 0.3) is 11.0 Å². The Bertz CT molecular complexity index is 1220. The van der Waals surface area contributed by atoms with Gasteiger partial charge in [-0.15, -0.1) is 0 Å². The summed E-state index contributed by atoms with van der Waals surface area (Å²) in [6.45, 7) is 9.10. The van der Waals surface area contributed by atoms with Crippen molar-refractivity contribution in [3.05, 3.63) is 65.1 Å². The molecule has 1 aliphatic heterocycles. The molecule has 1 aliphatic rings. The first-order valence-corrected chi connectivity index (χ1v) is 11.3. The molecule has 0 atom stereocenters. The maximum absolute atomic E-state index is 12.7. The predicted octanol–water partition coefficient (Wildman–Crippen LogP) is 4.19. The highest BCUT2D eigenvalue weighted by Gasteiger charge is 2.24. The van der Waals surface area contributed by atoms with Gasteiger partial charge in [0.05, 0.1) is 17.6 Å². The average molecular weight is 468 g/mol. The van der Waals surface area contributed by atoms with Gasteiger partial charge in [-0.25, -0.2) is 9.59 Å². The molecule has 1 saturated heterocycles. The molecule has 4 rings (SSSR count). The lowest BCUT2D eigenvalue weighted by Crippen LogP contribution is -2.36. The van der Waals surface area contributed by atoms with Gasteiger partial charge in [-0.3, -0.25) is 9.47 Å². The van der Waals surface area contributed by atoms with Crippen molar-refractivity contribution in [3.8, 4) is 17.2 Å². The molecule has 0 radical (unpaired) electrons. The summed E-state index contributed by atoms with van der Waals surface area (Å²) >= 11 is 0. The van der Waals surface area contributed by atoms with E-state index >= 15 is 0 Å². The van der Waals surface area contributed by atoms with Gasteiger partial charge in [0.25, 0.3) is 0 Å². The second-order valence-electron chi connectivity index (χ2n) is 8.17. The number of likely N-dealkylation sites (tertiary alicyclic amines) is 1. The van der Waals surface area contributed by atoms with Gasteiger partial charge in [0.2, 0.25) is 0 Å². The van der Waals surface area contributed by atoms with E-state index in [1.165, 1.54) is 6.07 Å². The van der Waals surface area contributed by atoms with Crippen molar-refractivity contribution in [2.45, 2.75) is 32.4 Å². The summed E-state index contributed by atoms with van der Waals surface area (Å²) in [5, 5.41) is 8.80. The van der Waals surface area contributed by atoms with Crippen LogP contribution in [0.2, 0.25) is 0 Å². The third-order valence-corrected chi connectivity index (χ3v) is 5.89. The first kappa shape index (κ1) is 23.4. The third-order valence-electron chi connectivity index (χ3n) is 5.89. The van der Waals surface area contributed by atoms with Crippen LogP contribution in [0.3, 0.4) is 0 Å². The smallest absolute Gasteiger partial charge is 0.490 e. The number of rotatable bonds is 9. The Morgan fingerprint density at radius 1 is 1.18 bits per heavy atom. The first-order chi connectivity index (χ1) is 16.5. The number of nitrogens with one attached hydrogen (secondary N) is 1. The monoisotopic (exact) mass is 467 g/mol. The minimum atomic E-state index is -1.39. The van der Waals surface area contributed by atoms with Crippen molar-refractivity contribution >= 4 is 17.2 Å². The van der Waals surface area contributed by atoms with Gasteiger partial charge in [0, 0.05) is 31.7 Å². The fourth-order valence-corrected chi connectivity index (χ4v) is 4.42.